The van der Waals surface area contributed by atoms with Crippen LogP contribution in [0.5, 0.6) is 0 Å². The van der Waals surface area contributed by atoms with E-state index >= 15 is 0 Å². The lowest BCUT2D eigenvalue weighted by Crippen LogP contribution is -2.24. The maximum atomic E-state index is 13.4. The summed E-state index contributed by atoms with van der Waals surface area (Å²) in [5.41, 5.74) is 2.18. The predicted octanol–water partition coefficient (Wildman–Crippen LogP) is 4.36. The van der Waals surface area contributed by atoms with Crippen LogP contribution in [0, 0.1) is 12.7 Å². The average Bonchev–Trinajstić information content (AvgIpc) is 2.49. The molecule has 0 bridgehead atoms. The number of pyridine rings is 1. The van der Waals surface area contributed by atoms with Gasteiger partial charge in [0.05, 0.1) is 6.20 Å². The zero-order valence-corrected chi connectivity index (χ0v) is 13.3. The molecule has 0 aliphatic carbocycles. The Bertz CT molecular complexity index is 574. The summed E-state index contributed by atoms with van der Waals surface area (Å²) in [7, 11) is 0. The van der Waals surface area contributed by atoms with Crippen LogP contribution in [0.4, 0.5) is 4.39 Å². The largest absolute Gasteiger partial charge is 0.309 e. The van der Waals surface area contributed by atoms with Crippen molar-refractivity contribution in [1.29, 1.82) is 0 Å². The molecule has 4 heteroatoms. The Morgan fingerprint density at radius 3 is 2.81 bits per heavy atom. The van der Waals surface area contributed by atoms with E-state index in [1.54, 1.807) is 24.0 Å². The fraction of sp³-hybridized carbons (Fsp3) is 0.353. The van der Waals surface area contributed by atoms with E-state index in [9.17, 15) is 4.39 Å². The molecule has 0 amide bonds. The first-order valence-electron chi connectivity index (χ1n) is 7.23. The molecule has 1 aromatic carbocycles. The average molecular weight is 304 g/mol. The molecule has 112 valence electrons. The second-order valence-corrected chi connectivity index (χ2v) is 6.08. The third-order valence-electron chi connectivity index (χ3n) is 3.27. The minimum absolute atomic E-state index is 0.109. The fourth-order valence-corrected chi connectivity index (χ4v) is 3.23. The summed E-state index contributed by atoms with van der Waals surface area (Å²) in [5.74, 6) is 0.576. The summed E-state index contributed by atoms with van der Waals surface area (Å²) < 4.78 is 13.4. The lowest BCUT2D eigenvalue weighted by atomic mass is 10.1. The maximum Gasteiger partial charge on any atom is 0.141 e. The molecule has 0 aliphatic heterocycles. The first-order valence-corrected chi connectivity index (χ1v) is 8.21. The summed E-state index contributed by atoms with van der Waals surface area (Å²) in [6.07, 6.45) is 4.04. The van der Waals surface area contributed by atoms with Crippen molar-refractivity contribution < 1.29 is 4.39 Å². The van der Waals surface area contributed by atoms with Crippen LogP contribution in [0.2, 0.25) is 0 Å². The lowest BCUT2D eigenvalue weighted by Gasteiger charge is -2.19. The summed E-state index contributed by atoms with van der Waals surface area (Å²) in [6, 6.07) is 10.0. The Balaban J connectivity index is 2.08. The highest BCUT2D eigenvalue weighted by Crippen LogP contribution is 2.27. The summed E-state index contributed by atoms with van der Waals surface area (Å²) in [4.78, 5) is 5.23. The number of hydrogen-bond donors (Lipinski definition) is 1. The van der Waals surface area contributed by atoms with Gasteiger partial charge in [0.1, 0.15) is 5.82 Å². The molecule has 0 spiro atoms. The van der Waals surface area contributed by atoms with Crippen molar-refractivity contribution in [2.75, 3.05) is 12.3 Å². The van der Waals surface area contributed by atoms with Gasteiger partial charge in [0.15, 0.2) is 0 Å². The minimum atomic E-state index is -0.281. The number of rotatable bonds is 7. The highest BCUT2D eigenvalue weighted by Gasteiger charge is 2.13. The van der Waals surface area contributed by atoms with Gasteiger partial charge in [0, 0.05) is 22.9 Å². The number of aromatic nitrogens is 1. The second-order valence-electron chi connectivity index (χ2n) is 5.02. The van der Waals surface area contributed by atoms with Crippen molar-refractivity contribution in [2.45, 2.75) is 31.2 Å². The molecular formula is C17H21FN2S. The molecule has 0 aliphatic rings. The topological polar surface area (TPSA) is 24.9 Å². The molecule has 2 rings (SSSR count). The molecule has 1 aromatic heterocycles. The van der Waals surface area contributed by atoms with Crippen molar-refractivity contribution in [3.63, 3.8) is 0 Å². The smallest absolute Gasteiger partial charge is 0.141 e. The molecule has 0 radical (unpaired) electrons. The van der Waals surface area contributed by atoms with Gasteiger partial charge in [-0.25, -0.2) is 4.39 Å². The van der Waals surface area contributed by atoms with E-state index in [0.29, 0.717) is 0 Å². The minimum Gasteiger partial charge on any atom is -0.309 e. The van der Waals surface area contributed by atoms with Crippen LogP contribution < -0.4 is 5.32 Å². The number of hydrogen-bond acceptors (Lipinski definition) is 3. The van der Waals surface area contributed by atoms with Gasteiger partial charge in [0.25, 0.3) is 0 Å². The first kappa shape index (κ1) is 16.0. The predicted molar refractivity (Wildman–Crippen MR) is 87.1 cm³/mol. The molecule has 0 fully saturated rings. The first-order chi connectivity index (χ1) is 10.2. The van der Waals surface area contributed by atoms with E-state index in [2.05, 4.69) is 36.3 Å². The summed E-state index contributed by atoms with van der Waals surface area (Å²) in [6.45, 7) is 5.15. The summed E-state index contributed by atoms with van der Waals surface area (Å²) in [5, 5.41) is 3.48. The fourth-order valence-electron chi connectivity index (χ4n) is 2.10. The van der Waals surface area contributed by atoms with Gasteiger partial charge >= 0.3 is 0 Å². The molecule has 0 saturated heterocycles. The molecule has 0 saturated carbocycles. The standard InChI is InChI=1S/C17H21FN2S/c1-3-8-20-16(14-9-15(18)11-19-10-14)12-21-17-7-5-4-6-13(17)2/h4-7,9-11,16,20H,3,8,12H2,1-2H3. The van der Waals surface area contributed by atoms with E-state index in [-0.39, 0.29) is 11.9 Å². The SMILES string of the molecule is CCCNC(CSc1ccccc1C)c1cncc(F)c1. The van der Waals surface area contributed by atoms with Crippen LogP contribution in [0.25, 0.3) is 0 Å². The van der Waals surface area contributed by atoms with Gasteiger partial charge in [-0.2, -0.15) is 0 Å². The molecule has 1 N–H and O–H groups in total. The molecule has 1 unspecified atom stereocenters. The number of aryl methyl sites for hydroxylation is 1. The third-order valence-corrected chi connectivity index (χ3v) is 4.54. The lowest BCUT2D eigenvalue weighted by molar-refractivity contribution is 0.564. The van der Waals surface area contributed by atoms with Crippen LogP contribution in [0.3, 0.4) is 0 Å². The Kier molecular flexibility index (Phi) is 6.21. The van der Waals surface area contributed by atoms with Crippen LogP contribution in [0.1, 0.15) is 30.5 Å². The highest BCUT2D eigenvalue weighted by atomic mass is 32.2. The van der Waals surface area contributed by atoms with Crippen molar-refractivity contribution in [1.82, 2.24) is 10.3 Å². The number of nitrogens with one attached hydrogen (secondary N) is 1. The van der Waals surface area contributed by atoms with Gasteiger partial charge in [-0.05, 0) is 43.1 Å². The quantitative estimate of drug-likeness (QED) is 0.769. The van der Waals surface area contributed by atoms with Gasteiger partial charge < -0.3 is 5.32 Å². The number of nitrogens with zero attached hydrogens (tertiary/aromatic N) is 1. The highest BCUT2D eigenvalue weighted by molar-refractivity contribution is 7.99. The van der Waals surface area contributed by atoms with Crippen LogP contribution in [-0.4, -0.2) is 17.3 Å². The van der Waals surface area contributed by atoms with E-state index in [1.807, 2.05) is 12.1 Å². The Labute approximate surface area is 130 Å². The number of benzene rings is 1. The van der Waals surface area contributed by atoms with Crippen LogP contribution in [-0.2, 0) is 0 Å². The van der Waals surface area contributed by atoms with E-state index < -0.39 is 0 Å². The van der Waals surface area contributed by atoms with Gasteiger partial charge in [-0.15, -0.1) is 11.8 Å². The monoisotopic (exact) mass is 304 g/mol. The Morgan fingerprint density at radius 2 is 2.10 bits per heavy atom. The zero-order valence-electron chi connectivity index (χ0n) is 12.5. The second kappa shape index (κ2) is 8.15. The van der Waals surface area contributed by atoms with Crippen molar-refractivity contribution in [2.24, 2.45) is 0 Å². The van der Waals surface area contributed by atoms with E-state index in [1.165, 1.54) is 16.7 Å². The molecule has 21 heavy (non-hydrogen) atoms. The normalized spacial score (nSPS) is 12.3. The van der Waals surface area contributed by atoms with Crippen LogP contribution in [0.15, 0.2) is 47.6 Å². The number of halogens is 1. The Morgan fingerprint density at radius 1 is 1.29 bits per heavy atom. The van der Waals surface area contributed by atoms with E-state index in [4.69, 9.17) is 0 Å². The number of thioether (sulfide) groups is 1. The van der Waals surface area contributed by atoms with Crippen molar-refractivity contribution in [3.8, 4) is 0 Å². The van der Waals surface area contributed by atoms with Crippen molar-refractivity contribution >= 4 is 11.8 Å². The molecule has 1 atom stereocenters. The van der Waals surface area contributed by atoms with Crippen molar-refractivity contribution in [3.05, 3.63) is 59.7 Å². The molecule has 1 heterocycles. The molecule has 2 aromatic rings. The van der Waals surface area contributed by atoms with E-state index in [0.717, 1.165) is 24.3 Å². The van der Waals surface area contributed by atoms with Gasteiger partial charge in [-0.1, -0.05) is 25.1 Å². The van der Waals surface area contributed by atoms with Gasteiger partial charge in [0.2, 0.25) is 0 Å². The molecule has 2 nitrogen and oxygen atoms in total. The maximum absolute atomic E-state index is 13.4. The third kappa shape index (κ3) is 4.83. The molecular weight excluding hydrogens is 283 g/mol. The van der Waals surface area contributed by atoms with Crippen LogP contribution >= 0.6 is 11.8 Å². The zero-order chi connectivity index (χ0) is 15.1. The van der Waals surface area contributed by atoms with Gasteiger partial charge in [-0.3, -0.25) is 4.98 Å². The summed E-state index contributed by atoms with van der Waals surface area (Å²) >= 11 is 1.79. The Hall–Kier alpha value is -1.39.